The summed E-state index contributed by atoms with van der Waals surface area (Å²) in [5, 5.41) is -0.382. The number of hydrogen-bond donors (Lipinski definition) is 2. The van der Waals surface area contributed by atoms with Gasteiger partial charge in [0.15, 0.2) is 10.8 Å². The number of aromatic nitrogens is 2. The van der Waals surface area contributed by atoms with Crippen molar-refractivity contribution in [1.82, 2.24) is 14.1 Å². The molecule has 0 fully saturated rings. The van der Waals surface area contributed by atoms with Crippen molar-refractivity contribution in [3.8, 4) is 0 Å². The van der Waals surface area contributed by atoms with E-state index in [4.69, 9.17) is 5.73 Å². The summed E-state index contributed by atoms with van der Waals surface area (Å²) in [5.41, 5.74) is 6.15. The standard InChI is InChI=1S/C11H16N4O3S2/c1-8(19(2)16)7-13-20(17,18)11-10(12)14-9-5-3-4-6-15(9)11/h3-6,8,13H,7,12H2,1-2H3. The molecule has 2 rings (SSSR count). The lowest BCUT2D eigenvalue weighted by Crippen LogP contribution is -2.33. The third-order valence-electron chi connectivity index (χ3n) is 2.89. The summed E-state index contributed by atoms with van der Waals surface area (Å²) in [6, 6.07) is 5.10. The summed E-state index contributed by atoms with van der Waals surface area (Å²) in [4.78, 5) is 4.00. The molecule has 0 bridgehead atoms. The highest BCUT2D eigenvalue weighted by atomic mass is 32.2. The van der Waals surface area contributed by atoms with Crippen molar-refractivity contribution in [2.24, 2.45) is 0 Å². The highest BCUT2D eigenvalue weighted by molar-refractivity contribution is 7.89. The summed E-state index contributed by atoms with van der Waals surface area (Å²) in [5.74, 6) is -0.0611. The second kappa shape index (κ2) is 5.51. The molecule has 2 heterocycles. The SMILES string of the molecule is CC(CNS(=O)(=O)c1c(N)nc2ccccn12)S(C)=O. The number of nitrogen functional groups attached to an aromatic ring is 1. The van der Waals surface area contributed by atoms with E-state index >= 15 is 0 Å². The van der Waals surface area contributed by atoms with E-state index < -0.39 is 20.8 Å². The van der Waals surface area contributed by atoms with E-state index in [1.54, 1.807) is 31.3 Å². The molecule has 9 heteroatoms. The van der Waals surface area contributed by atoms with Crippen LogP contribution < -0.4 is 10.5 Å². The zero-order valence-electron chi connectivity index (χ0n) is 11.1. The van der Waals surface area contributed by atoms with E-state index in [1.807, 2.05) is 0 Å². The maximum Gasteiger partial charge on any atom is 0.260 e. The van der Waals surface area contributed by atoms with Gasteiger partial charge in [-0.15, -0.1) is 0 Å². The van der Waals surface area contributed by atoms with Crippen LogP contribution in [0.5, 0.6) is 0 Å². The molecule has 0 amide bonds. The van der Waals surface area contributed by atoms with Gasteiger partial charge in [0, 0.05) is 35.0 Å². The molecule has 7 nitrogen and oxygen atoms in total. The molecule has 2 unspecified atom stereocenters. The van der Waals surface area contributed by atoms with Crippen LogP contribution in [0.15, 0.2) is 29.4 Å². The number of rotatable bonds is 5. The number of imidazole rings is 1. The summed E-state index contributed by atoms with van der Waals surface area (Å²) < 4.78 is 39.7. The monoisotopic (exact) mass is 316 g/mol. The molecule has 0 saturated heterocycles. The van der Waals surface area contributed by atoms with Gasteiger partial charge in [-0.1, -0.05) is 6.07 Å². The number of nitrogens with zero attached hydrogens (tertiary/aromatic N) is 2. The lowest BCUT2D eigenvalue weighted by Gasteiger charge is -2.10. The smallest absolute Gasteiger partial charge is 0.260 e. The minimum atomic E-state index is -3.81. The summed E-state index contributed by atoms with van der Waals surface area (Å²) >= 11 is 0. The number of pyridine rings is 1. The topological polar surface area (TPSA) is 107 Å². The van der Waals surface area contributed by atoms with E-state index in [-0.39, 0.29) is 22.6 Å². The molecule has 0 aromatic carbocycles. The van der Waals surface area contributed by atoms with Gasteiger partial charge in [-0.25, -0.2) is 18.1 Å². The predicted molar refractivity (Wildman–Crippen MR) is 78.3 cm³/mol. The first-order valence-corrected chi connectivity index (χ1v) is 8.98. The second-order valence-corrected chi connectivity index (χ2v) is 7.88. The molecule has 0 aliphatic heterocycles. The van der Waals surface area contributed by atoms with Crippen LogP contribution in [-0.4, -0.2) is 40.1 Å². The Morgan fingerprint density at radius 1 is 1.50 bits per heavy atom. The number of nitrogens with two attached hydrogens (primary N) is 1. The highest BCUT2D eigenvalue weighted by Crippen LogP contribution is 2.19. The Hall–Kier alpha value is -1.45. The number of sulfonamides is 1. The largest absolute Gasteiger partial charge is 0.381 e. The summed E-state index contributed by atoms with van der Waals surface area (Å²) in [6.45, 7) is 1.78. The van der Waals surface area contributed by atoms with Gasteiger partial charge in [0.05, 0.1) is 0 Å². The Bertz CT molecular complexity index is 754. The lowest BCUT2D eigenvalue weighted by atomic mass is 10.5. The number of hydrogen-bond acceptors (Lipinski definition) is 5. The highest BCUT2D eigenvalue weighted by Gasteiger charge is 2.24. The van der Waals surface area contributed by atoms with Gasteiger partial charge in [0.2, 0.25) is 0 Å². The van der Waals surface area contributed by atoms with Gasteiger partial charge < -0.3 is 5.73 Å². The van der Waals surface area contributed by atoms with Crippen molar-refractivity contribution in [3.05, 3.63) is 24.4 Å². The van der Waals surface area contributed by atoms with Crippen molar-refractivity contribution in [2.45, 2.75) is 17.2 Å². The van der Waals surface area contributed by atoms with Crippen LogP contribution >= 0.6 is 0 Å². The minimum absolute atomic E-state index is 0.0611. The van der Waals surface area contributed by atoms with Gasteiger partial charge in [0.25, 0.3) is 10.0 Å². The van der Waals surface area contributed by atoms with Crippen LogP contribution in [0, 0.1) is 0 Å². The maximum absolute atomic E-state index is 12.3. The van der Waals surface area contributed by atoms with Crippen LogP contribution in [0.3, 0.4) is 0 Å². The lowest BCUT2D eigenvalue weighted by molar-refractivity contribution is 0.576. The van der Waals surface area contributed by atoms with Crippen LogP contribution in [0.25, 0.3) is 5.65 Å². The predicted octanol–water partition coefficient (Wildman–Crippen LogP) is -0.0382. The van der Waals surface area contributed by atoms with Crippen molar-refractivity contribution < 1.29 is 12.6 Å². The Kier molecular flexibility index (Phi) is 4.11. The molecular weight excluding hydrogens is 300 g/mol. The van der Waals surface area contributed by atoms with Crippen molar-refractivity contribution in [1.29, 1.82) is 0 Å². The molecule has 3 N–H and O–H groups in total. The average Bonchev–Trinajstić information content (AvgIpc) is 2.72. The number of anilines is 1. The first kappa shape index (κ1) is 14.9. The first-order chi connectivity index (χ1) is 9.33. The second-order valence-electron chi connectivity index (χ2n) is 4.39. The normalized spacial score (nSPS) is 15.3. The minimum Gasteiger partial charge on any atom is -0.381 e. The Morgan fingerprint density at radius 3 is 2.85 bits per heavy atom. The van der Waals surface area contributed by atoms with Crippen molar-refractivity contribution >= 4 is 32.3 Å². The van der Waals surface area contributed by atoms with E-state index in [0.29, 0.717) is 5.65 Å². The van der Waals surface area contributed by atoms with Crippen LogP contribution in [0.2, 0.25) is 0 Å². The van der Waals surface area contributed by atoms with E-state index in [9.17, 15) is 12.6 Å². The van der Waals surface area contributed by atoms with Crippen LogP contribution in [-0.2, 0) is 20.8 Å². The van der Waals surface area contributed by atoms with Gasteiger partial charge in [0.1, 0.15) is 5.65 Å². The van der Waals surface area contributed by atoms with Gasteiger partial charge in [-0.2, -0.15) is 0 Å². The Labute approximate surface area is 119 Å². The van der Waals surface area contributed by atoms with Gasteiger partial charge in [-0.05, 0) is 19.1 Å². The fraction of sp³-hybridized carbons (Fsp3) is 0.364. The average molecular weight is 316 g/mol. The van der Waals surface area contributed by atoms with Crippen LogP contribution in [0.1, 0.15) is 6.92 Å². The Balaban J connectivity index is 2.37. The molecule has 110 valence electrons. The molecule has 2 atom stereocenters. The number of fused-ring (bicyclic) bond motifs is 1. The maximum atomic E-state index is 12.3. The third-order valence-corrected chi connectivity index (χ3v) is 5.65. The molecule has 0 radical (unpaired) electrons. The fourth-order valence-electron chi connectivity index (χ4n) is 1.67. The molecule has 2 aromatic rings. The molecule has 0 aliphatic carbocycles. The van der Waals surface area contributed by atoms with Gasteiger partial charge >= 0.3 is 0 Å². The molecule has 0 saturated carbocycles. The third kappa shape index (κ3) is 2.84. The van der Waals surface area contributed by atoms with Gasteiger partial charge in [-0.3, -0.25) is 8.61 Å². The van der Waals surface area contributed by atoms with Crippen LogP contribution in [0.4, 0.5) is 5.82 Å². The molecular formula is C11H16N4O3S2. The zero-order chi connectivity index (χ0) is 14.9. The Morgan fingerprint density at radius 2 is 2.20 bits per heavy atom. The molecule has 2 aromatic heterocycles. The van der Waals surface area contributed by atoms with E-state index in [0.717, 1.165) is 0 Å². The summed E-state index contributed by atoms with van der Waals surface area (Å²) in [6.07, 6.45) is 3.11. The van der Waals surface area contributed by atoms with Crippen molar-refractivity contribution in [2.75, 3.05) is 18.5 Å². The first-order valence-electron chi connectivity index (χ1n) is 5.87. The van der Waals surface area contributed by atoms with E-state index in [2.05, 4.69) is 9.71 Å². The number of nitrogens with one attached hydrogen (secondary N) is 1. The molecule has 20 heavy (non-hydrogen) atoms. The summed E-state index contributed by atoms with van der Waals surface area (Å²) in [7, 11) is -4.92. The zero-order valence-corrected chi connectivity index (χ0v) is 12.7. The van der Waals surface area contributed by atoms with E-state index in [1.165, 1.54) is 10.7 Å². The molecule has 0 spiro atoms. The van der Waals surface area contributed by atoms with Crippen molar-refractivity contribution in [3.63, 3.8) is 0 Å². The quantitative estimate of drug-likeness (QED) is 0.805. The molecule has 0 aliphatic rings. The fourth-order valence-corrected chi connectivity index (χ4v) is 3.44.